The summed E-state index contributed by atoms with van der Waals surface area (Å²) < 4.78 is 5.44. The van der Waals surface area contributed by atoms with Crippen LogP contribution in [-0.2, 0) is 4.74 Å². The van der Waals surface area contributed by atoms with Gasteiger partial charge in [-0.25, -0.2) is 0 Å². The van der Waals surface area contributed by atoms with Gasteiger partial charge in [0.1, 0.15) is 5.75 Å². The number of aromatic hydroxyl groups is 1. The van der Waals surface area contributed by atoms with Crippen molar-refractivity contribution in [3.63, 3.8) is 0 Å². The van der Waals surface area contributed by atoms with Crippen LogP contribution >= 0.6 is 0 Å². The van der Waals surface area contributed by atoms with Crippen LogP contribution in [0.5, 0.6) is 5.75 Å². The van der Waals surface area contributed by atoms with Crippen LogP contribution in [-0.4, -0.2) is 24.4 Å². The third-order valence-corrected chi connectivity index (χ3v) is 4.24. The molecule has 0 bridgehead atoms. The van der Waals surface area contributed by atoms with Gasteiger partial charge in [-0.05, 0) is 50.3 Å². The van der Waals surface area contributed by atoms with Gasteiger partial charge < -0.3 is 15.2 Å². The van der Waals surface area contributed by atoms with Crippen LogP contribution in [0.3, 0.4) is 0 Å². The Balaban J connectivity index is 2.22. The van der Waals surface area contributed by atoms with Gasteiger partial charge in [0, 0.05) is 25.3 Å². The van der Waals surface area contributed by atoms with Gasteiger partial charge in [0.05, 0.1) is 5.60 Å². The zero-order valence-electron chi connectivity index (χ0n) is 12.6. The summed E-state index contributed by atoms with van der Waals surface area (Å²) >= 11 is 0. The summed E-state index contributed by atoms with van der Waals surface area (Å²) in [5.74, 6) is 0.905. The van der Waals surface area contributed by atoms with Crippen molar-refractivity contribution in [2.75, 3.05) is 13.7 Å². The van der Waals surface area contributed by atoms with Crippen LogP contribution in [0.4, 0.5) is 0 Å². The highest BCUT2D eigenvalue weighted by Crippen LogP contribution is 2.45. The van der Waals surface area contributed by atoms with Gasteiger partial charge in [0.15, 0.2) is 0 Å². The number of nitrogens with one attached hydrogen (secondary N) is 1. The second-order valence-electron chi connectivity index (χ2n) is 6.26. The third-order valence-electron chi connectivity index (χ3n) is 4.24. The molecule has 0 radical (unpaired) electrons. The SMILES string of the molecule is COC(C)(C)CNC1CC(C)c2c(C)ccc(O)c21. The van der Waals surface area contributed by atoms with E-state index in [0.29, 0.717) is 11.7 Å². The number of phenols is 1. The van der Waals surface area contributed by atoms with E-state index in [4.69, 9.17) is 4.74 Å². The predicted octanol–water partition coefficient (Wildman–Crippen LogP) is 3.26. The maximum Gasteiger partial charge on any atom is 0.120 e. The van der Waals surface area contributed by atoms with Crippen molar-refractivity contribution in [3.8, 4) is 5.75 Å². The van der Waals surface area contributed by atoms with Gasteiger partial charge in [-0.2, -0.15) is 0 Å². The lowest BCUT2D eigenvalue weighted by molar-refractivity contribution is 0.0209. The molecule has 0 spiro atoms. The highest BCUT2D eigenvalue weighted by molar-refractivity contribution is 5.50. The van der Waals surface area contributed by atoms with Crippen molar-refractivity contribution in [1.82, 2.24) is 5.32 Å². The molecule has 0 heterocycles. The van der Waals surface area contributed by atoms with Crippen LogP contribution in [0, 0.1) is 6.92 Å². The number of aryl methyl sites for hydroxylation is 1. The van der Waals surface area contributed by atoms with Crippen LogP contribution in [0.15, 0.2) is 12.1 Å². The first-order valence-corrected chi connectivity index (χ1v) is 6.96. The smallest absolute Gasteiger partial charge is 0.120 e. The molecule has 0 saturated carbocycles. The molecule has 0 amide bonds. The second kappa shape index (κ2) is 5.14. The van der Waals surface area contributed by atoms with Gasteiger partial charge in [-0.3, -0.25) is 0 Å². The Morgan fingerprint density at radius 1 is 1.37 bits per heavy atom. The fourth-order valence-electron chi connectivity index (χ4n) is 2.97. The van der Waals surface area contributed by atoms with Gasteiger partial charge >= 0.3 is 0 Å². The Morgan fingerprint density at radius 2 is 2.05 bits per heavy atom. The maximum atomic E-state index is 10.2. The molecular weight excluding hydrogens is 238 g/mol. The average molecular weight is 263 g/mol. The van der Waals surface area contributed by atoms with E-state index in [0.717, 1.165) is 18.5 Å². The summed E-state index contributed by atoms with van der Waals surface area (Å²) in [7, 11) is 1.73. The first-order chi connectivity index (χ1) is 8.85. The number of hydrogen-bond acceptors (Lipinski definition) is 3. The minimum atomic E-state index is -0.189. The van der Waals surface area contributed by atoms with E-state index in [1.54, 1.807) is 7.11 Å². The fourth-order valence-corrected chi connectivity index (χ4v) is 2.97. The highest BCUT2D eigenvalue weighted by atomic mass is 16.5. The minimum Gasteiger partial charge on any atom is -0.508 e. The zero-order chi connectivity index (χ0) is 14.2. The lowest BCUT2D eigenvalue weighted by atomic mass is 9.97. The maximum absolute atomic E-state index is 10.2. The largest absolute Gasteiger partial charge is 0.508 e. The molecule has 0 fully saturated rings. The van der Waals surface area contributed by atoms with Gasteiger partial charge in [0.2, 0.25) is 0 Å². The Kier molecular flexibility index (Phi) is 3.88. The van der Waals surface area contributed by atoms with Gasteiger partial charge in [-0.15, -0.1) is 0 Å². The molecule has 1 aliphatic rings. The summed E-state index contributed by atoms with van der Waals surface area (Å²) in [6.07, 6.45) is 1.04. The van der Waals surface area contributed by atoms with Gasteiger partial charge in [0.25, 0.3) is 0 Å². The Hall–Kier alpha value is -1.06. The van der Waals surface area contributed by atoms with E-state index >= 15 is 0 Å². The molecule has 1 aliphatic carbocycles. The quantitative estimate of drug-likeness (QED) is 0.876. The summed E-state index contributed by atoms with van der Waals surface area (Å²) in [6.45, 7) is 9.25. The van der Waals surface area contributed by atoms with E-state index in [1.165, 1.54) is 11.1 Å². The van der Waals surface area contributed by atoms with Crippen LogP contribution in [0.25, 0.3) is 0 Å². The molecule has 1 aromatic carbocycles. The fraction of sp³-hybridized carbons (Fsp3) is 0.625. The predicted molar refractivity (Wildman–Crippen MR) is 77.7 cm³/mol. The van der Waals surface area contributed by atoms with Crippen molar-refractivity contribution in [1.29, 1.82) is 0 Å². The van der Waals surface area contributed by atoms with Crippen LogP contribution in [0.2, 0.25) is 0 Å². The highest BCUT2D eigenvalue weighted by Gasteiger charge is 2.32. The van der Waals surface area contributed by atoms with Crippen molar-refractivity contribution in [2.45, 2.75) is 51.7 Å². The Labute approximate surface area is 116 Å². The van der Waals surface area contributed by atoms with E-state index in [9.17, 15) is 5.11 Å². The molecule has 2 atom stereocenters. The lowest BCUT2D eigenvalue weighted by Gasteiger charge is -2.26. The number of methoxy groups -OCH3 is 1. The number of rotatable bonds is 4. The molecule has 19 heavy (non-hydrogen) atoms. The first-order valence-electron chi connectivity index (χ1n) is 6.96. The number of hydrogen-bond donors (Lipinski definition) is 2. The molecule has 2 unspecified atom stereocenters. The standard InChI is InChI=1S/C16H25NO2/c1-10-6-7-13(18)15-12(8-11(2)14(10)15)17-9-16(3,4)19-5/h6-7,11-12,17-18H,8-9H2,1-5H3. The minimum absolute atomic E-state index is 0.189. The third kappa shape index (κ3) is 2.77. The summed E-state index contributed by atoms with van der Waals surface area (Å²) in [5.41, 5.74) is 3.48. The number of benzene rings is 1. The van der Waals surface area contributed by atoms with Gasteiger partial charge in [-0.1, -0.05) is 13.0 Å². The topological polar surface area (TPSA) is 41.5 Å². The zero-order valence-corrected chi connectivity index (χ0v) is 12.6. The summed E-state index contributed by atoms with van der Waals surface area (Å²) in [6, 6.07) is 4.04. The molecule has 106 valence electrons. The van der Waals surface area contributed by atoms with Crippen LogP contribution < -0.4 is 5.32 Å². The number of phenolic OH excluding ortho intramolecular Hbond substituents is 1. The molecule has 3 nitrogen and oxygen atoms in total. The van der Waals surface area contributed by atoms with E-state index in [2.05, 4.69) is 33.0 Å². The Morgan fingerprint density at radius 3 is 2.68 bits per heavy atom. The monoisotopic (exact) mass is 263 g/mol. The van der Waals surface area contributed by atoms with Crippen molar-refractivity contribution >= 4 is 0 Å². The molecule has 1 aromatic rings. The molecule has 0 saturated heterocycles. The molecule has 2 N–H and O–H groups in total. The molecule has 0 aromatic heterocycles. The molecule has 0 aliphatic heterocycles. The molecule has 2 rings (SSSR count). The number of fused-ring (bicyclic) bond motifs is 1. The van der Waals surface area contributed by atoms with E-state index in [1.807, 2.05) is 12.1 Å². The lowest BCUT2D eigenvalue weighted by Crippen LogP contribution is -2.38. The second-order valence-corrected chi connectivity index (χ2v) is 6.26. The molecule has 3 heteroatoms. The first kappa shape index (κ1) is 14.4. The van der Waals surface area contributed by atoms with E-state index < -0.39 is 0 Å². The Bertz CT molecular complexity index is 468. The van der Waals surface area contributed by atoms with Crippen LogP contribution in [0.1, 0.15) is 55.8 Å². The summed E-state index contributed by atoms with van der Waals surface area (Å²) in [4.78, 5) is 0. The molecular formula is C16H25NO2. The van der Waals surface area contributed by atoms with E-state index in [-0.39, 0.29) is 11.6 Å². The average Bonchev–Trinajstić information content (AvgIpc) is 2.70. The number of ether oxygens (including phenoxy) is 1. The van der Waals surface area contributed by atoms with Crippen molar-refractivity contribution < 1.29 is 9.84 Å². The van der Waals surface area contributed by atoms with Crippen molar-refractivity contribution in [2.24, 2.45) is 0 Å². The normalized spacial score (nSPS) is 22.6. The van der Waals surface area contributed by atoms with Crippen molar-refractivity contribution in [3.05, 3.63) is 28.8 Å². The summed E-state index contributed by atoms with van der Waals surface area (Å²) in [5, 5.41) is 13.7.